The quantitative estimate of drug-likeness (QED) is 0.197. The van der Waals surface area contributed by atoms with Gasteiger partial charge in [-0.15, -0.1) is 19.4 Å². The number of unbranched alkanes of at least 4 members (excludes halogenated alkanes) is 1. The van der Waals surface area contributed by atoms with Crippen LogP contribution in [0.4, 0.5) is 4.39 Å². The van der Waals surface area contributed by atoms with Gasteiger partial charge < -0.3 is 10.2 Å². The molecule has 0 fully saturated rings. The lowest BCUT2D eigenvalue weighted by atomic mass is 9.79. The minimum atomic E-state index is -0.257. The van der Waals surface area contributed by atoms with Gasteiger partial charge in [0.05, 0.1) is 5.69 Å². The van der Waals surface area contributed by atoms with E-state index in [1.165, 1.54) is 12.1 Å². The fourth-order valence-electron chi connectivity index (χ4n) is 4.59. The van der Waals surface area contributed by atoms with Gasteiger partial charge in [0.1, 0.15) is 5.82 Å². The van der Waals surface area contributed by atoms with Crippen molar-refractivity contribution >= 4 is 5.70 Å². The van der Waals surface area contributed by atoms with E-state index < -0.39 is 0 Å². The average molecular weight is 563 g/mol. The highest BCUT2D eigenvalue weighted by Gasteiger charge is 2.36. The number of aromatic nitrogens is 2. The molecule has 1 aliphatic carbocycles. The first-order chi connectivity index (χ1) is 20.0. The number of allylic oxidation sites excluding steroid dienone is 6. The lowest BCUT2D eigenvalue weighted by molar-refractivity contribution is 0.401. The van der Waals surface area contributed by atoms with Crippen LogP contribution in [0, 0.1) is 18.7 Å². The van der Waals surface area contributed by atoms with Crippen molar-refractivity contribution in [2.45, 2.75) is 78.7 Å². The highest BCUT2D eigenvalue weighted by atomic mass is 19.1. The van der Waals surface area contributed by atoms with E-state index in [-0.39, 0.29) is 23.3 Å². The number of rotatable bonds is 8. The molecule has 6 heteroatoms. The van der Waals surface area contributed by atoms with Crippen LogP contribution < -0.4 is 10.9 Å². The molecule has 4 rings (SSSR count). The van der Waals surface area contributed by atoms with Gasteiger partial charge >= 0.3 is 0 Å². The topological polar surface area (TPSA) is 61.0 Å². The van der Waals surface area contributed by atoms with Gasteiger partial charge in [-0.2, -0.15) is 5.10 Å². The molecule has 41 heavy (non-hydrogen) atoms. The second-order valence-electron chi connectivity index (χ2n) is 9.19. The monoisotopic (exact) mass is 562 g/mol. The first kappa shape index (κ1) is 37.3. The van der Waals surface area contributed by atoms with Crippen LogP contribution in [0.2, 0.25) is 0 Å². The van der Waals surface area contributed by atoms with E-state index in [0.29, 0.717) is 6.42 Å². The molecule has 2 unspecified atom stereocenters. The first-order valence-corrected chi connectivity index (χ1v) is 14.7. The Morgan fingerprint density at radius 1 is 1.10 bits per heavy atom. The van der Waals surface area contributed by atoms with Crippen LogP contribution >= 0.6 is 0 Å². The van der Waals surface area contributed by atoms with Crippen molar-refractivity contribution in [3.63, 3.8) is 0 Å². The molecule has 0 radical (unpaired) electrons. The van der Waals surface area contributed by atoms with Crippen molar-refractivity contribution in [1.82, 2.24) is 20.4 Å². The van der Waals surface area contributed by atoms with Gasteiger partial charge in [0.2, 0.25) is 0 Å². The lowest BCUT2D eigenvalue weighted by Crippen LogP contribution is -2.41. The van der Waals surface area contributed by atoms with Crippen LogP contribution in [0.25, 0.3) is 5.70 Å². The summed E-state index contributed by atoms with van der Waals surface area (Å²) in [6.07, 6.45) is 24.9. The normalized spacial score (nSPS) is 15.9. The van der Waals surface area contributed by atoms with Gasteiger partial charge in [-0.1, -0.05) is 70.2 Å². The van der Waals surface area contributed by atoms with Gasteiger partial charge in [-0.05, 0) is 83.4 Å². The van der Waals surface area contributed by atoms with Gasteiger partial charge in [0, 0.05) is 28.8 Å². The Hall–Kier alpha value is -3.69. The molecule has 5 nitrogen and oxygen atoms in total. The van der Waals surface area contributed by atoms with Crippen LogP contribution in [-0.4, -0.2) is 41.8 Å². The Morgan fingerprint density at radius 2 is 1.71 bits per heavy atom. The fraction of sp³-hybridized carbons (Fsp3) is 0.429. The Morgan fingerprint density at radius 3 is 2.32 bits per heavy atom. The van der Waals surface area contributed by atoms with E-state index >= 15 is 0 Å². The molecule has 0 saturated carbocycles. The van der Waals surface area contributed by atoms with Crippen molar-refractivity contribution in [2.24, 2.45) is 0 Å². The molecule has 0 saturated heterocycles. The van der Waals surface area contributed by atoms with E-state index in [4.69, 9.17) is 0 Å². The van der Waals surface area contributed by atoms with E-state index in [1.54, 1.807) is 6.08 Å². The number of nitrogens with one attached hydrogen (secondary N) is 2. The van der Waals surface area contributed by atoms with Crippen LogP contribution in [0.3, 0.4) is 0 Å². The molecule has 2 heterocycles. The number of nitrogens with zero attached hydrogens (tertiary/aromatic N) is 2. The largest absolute Gasteiger partial charge is 0.381 e. The van der Waals surface area contributed by atoms with Gasteiger partial charge in [0.15, 0.2) is 0 Å². The second-order valence-corrected chi connectivity index (χ2v) is 9.19. The maximum absolute atomic E-state index is 13.6. The van der Waals surface area contributed by atoms with Crippen LogP contribution in [0.15, 0.2) is 72.1 Å². The van der Waals surface area contributed by atoms with E-state index in [0.717, 1.165) is 60.3 Å². The summed E-state index contributed by atoms with van der Waals surface area (Å²) in [4.78, 5) is 14.7. The molecule has 2 aliphatic rings. The molecule has 0 bridgehead atoms. The molecule has 1 aromatic heterocycles. The molecule has 1 aromatic carbocycles. The third kappa shape index (κ3) is 11.8. The minimum Gasteiger partial charge on any atom is -0.381 e. The van der Waals surface area contributed by atoms with Crippen molar-refractivity contribution in [1.29, 1.82) is 0 Å². The molecule has 0 spiro atoms. The van der Waals surface area contributed by atoms with Crippen LogP contribution in [0.5, 0.6) is 0 Å². The van der Waals surface area contributed by atoms with E-state index in [9.17, 15) is 9.18 Å². The zero-order chi connectivity index (χ0) is 31.2. The summed E-state index contributed by atoms with van der Waals surface area (Å²) in [6, 6.07) is 6.73. The summed E-state index contributed by atoms with van der Waals surface area (Å²) >= 11 is 0. The summed E-state index contributed by atoms with van der Waals surface area (Å²) in [6.45, 7) is 14.3. The number of hydrogen-bond donors (Lipinski definition) is 2. The molecule has 224 valence electrons. The summed E-state index contributed by atoms with van der Waals surface area (Å²) < 4.78 is 13.6. The van der Waals surface area contributed by atoms with Crippen LogP contribution in [0.1, 0.15) is 88.6 Å². The smallest absolute Gasteiger partial charge is 0.268 e. The molecular formula is C35H51FN4O. The number of hydrogen-bond acceptors (Lipinski definition) is 4. The fourth-order valence-corrected chi connectivity index (χ4v) is 4.59. The van der Waals surface area contributed by atoms with Crippen LogP contribution in [-0.2, 0) is 6.42 Å². The van der Waals surface area contributed by atoms with Gasteiger partial charge in [0.25, 0.3) is 5.56 Å². The Bertz CT molecular complexity index is 1170. The highest BCUT2D eigenvalue weighted by Crippen LogP contribution is 2.39. The summed E-state index contributed by atoms with van der Waals surface area (Å²) in [7, 11) is 4.19. The van der Waals surface area contributed by atoms with Crippen molar-refractivity contribution in [3.05, 3.63) is 106 Å². The molecule has 0 amide bonds. The van der Waals surface area contributed by atoms with Crippen molar-refractivity contribution in [2.75, 3.05) is 20.6 Å². The Balaban J connectivity index is 0.00000161. The Kier molecular flexibility index (Phi) is 20.1. The number of terminal acetylenes is 1. The van der Waals surface area contributed by atoms with Gasteiger partial charge in [-0.3, -0.25) is 4.79 Å². The number of H-pyrrole nitrogens is 1. The summed E-state index contributed by atoms with van der Waals surface area (Å²) in [5, 5.41) is 10.9. The summed E-state index contributed by atoms with van der Waals surface area (Å²) in [5.74, 6) is -0.327. The maximum Gasteiger partial charge on any atom is 0.268 e. The predicted molar refractivity (Wildman–Crippen MR) is 175 cm³/mol. The molecular weight excluding hydrogens is 511 g/mol. The molecule has 2 aromatic rings. The molecule has 2 N–H and O–H groups in total. The predicted octanol–water partition coefficient (Wildman–Crippen LogP) is 7.64. The third-order valence-corrected chi connectivity index (χ3v) is 6.15. The Labute approximate surface area is 248 Å². The SMILES string of the molecule is C#C.C=CC.CC.CC.CN(C)CCC/C=C\CCC1NC2=CC=CCc3c2c(n[nH]c3=O)C1c1ccc(F)cc1. The standard InChI is InChI=1S/C26H31FN4O.C3H6.2C2H6.C2H2/c1-31(2)17-9-5-3-4-6-11-21-23(18-13-15-19(27)16-14-18)25-24-20(26(32)30-29-25)10-7-8-12-22(24)28-21;1-3-2;3*1-2/h3-4,7-8,12-16,21,23,28H,5-6,9-11,17H2,1-2H3,(H,30,32);3H,1H2,2H3;2*1-2H3;1-2H/b4-3-;;;;. The lowest BCUT2D eigenvalue weighted by Gasteiger charge is -2.36. The van der Waals surface area contributed by atoms with Crippen molar-refractivity contribution < 1.29 is 4.39 Å². The van der Waals surface area contributed by atoms with Crippen molar-refractivity contribution in [3.8, 4) is 12.8 Å². The maximum atomic E-state index is 13.6. The minimum absolute atomic E-state index is 0.0707. The second kappa shape index (κ2) is 22.1. The third-order valence-electron chi connectivity index (χ3n) is 6.15. The average Bonchev–Trinajstić information content (AvgIpc) is 3.22. The number of aromatic amines is 1. The van der Waals surface area contributed by atoms with E-state index in [2.05, 4.69) is 66.1 Å². The number of halogens is 1. The van der Waals surface area contributed by atoms with E-state index in [1.807, 2.05) is 65.0 Å². The van der Waals surface area contributed by atoms with Gasteiger partial charge in [-0.25, -0.2) is 9.49 Å². The number of benzene rings is 1. The zero-order valence-corrected chi connectivity index (χ0v) is 26.2. The highest BCUT2D eigenvalue weighted by molar-refractivity contribution is 5.74. The molecule has 2 atom stereocenters. The summed E-state index contributed by atoms with van der Waals surface area (Å²) in [5.41, 5.74) is 4.27. The molecule has 1 aliphatic heterocycles. The zero-order valence-electron chi connectivity index (χ0n) is 26.2. The first-order valence-electron chi connectivity index (χ1n) is 14.7.